The van der Waals surface area contributed by atoms with Gasteiger partial charge in [0.2, 0.25) is 6.67 Å². The van der Waals surface area contributed by atoms with E-state index in [-0.39, 0.29) is 22.4 Å². The molecule has 6 rings (SSSR count). The zero-order valence-electron chi connectivity index (χ0n) is 19.3. The molecule has 1 amide bonds. The number of ether oxygens (including phenoxy) is 1. The fraction of sp³-hybridized carbons (Fsp3) is 0.500. The van der Waals surface area contributed by atoms with E-state index in [2.05, 4.69) is 27.0 Å². The van der Waals surface area contributed by atoms with Gasteiger partial charge in [-0.15, -0.1) is 4.59 Å². The molecule has 1 aromatic heterocycles. The minimum absolute atomic E-state index is 0.0210. The molecule has 1 aromatic rings. The summed E-state index contributed by atoms with van der Waals surface area (Å²) < 4.78 is 34.6. The minimum atomic E-state index is -2.79. The fourth-order valence-corrected chi connectivity index (χ4v) is 5.42. The lowest BCUT2D eigenvalue weighted by Gasteiger charge is -2.31. The van der Waals surface area contributed by atoms with Crippen LogP contribution in [0.1, 0.15) is 50.3 Å². The molecule has 0 aromatic carbocycles. The van der Waals surface area contributed by atoms with Gasteiger partial charge in [-0.2, -0.15) is 5.10 Å². The first-order chi connectivity index (χ1) is 16.9. The molecule has 5 heterocycles. The lowest BCUT2D eigenvalue weighted by atomic mass is 9.92. The third-order valence-electron chi connectivity index (χ3n) is 7.42. The van der Waals surface area contributed by atoms with Crippen molar-refractivity contribution in [2.45, 2.75) is 56.7 Å². The van der Waals surface area contributed by atoms with E-state index < -0.39 is 18.0 Å². The Morgan fingerprint density at radius 3 is 2.77 bits per heavy atom. The molecule has 1 N–H and O–H groups in total. The molecule has 3 fully saturated rings. The SMILES string of the molecule is C=C1CCC(n2cc(NC(=O)C3=C[N+]4(C=CC(N5C[C@H]6C[C@@H]5CO6)=NC4)N=C3)c(C(F)F)n2)CC1. The second-order valence-corrected chi connectivity index (χ2v) is 9.83. The van der Waals surface area contributed by atoms with Crippen molar-refractivity contribution in [1.29, 1.82) is 0 Å². The number of fused-ring (bicyclic) bond motifs is 2. The molecule has 1 spiro atoms. The Morgan fingerprint density at radius 1 is 1.29 bits per heavy atom. The maximum absolute atomic E-state index is 13.7. The molecular formula is C24H28F2N7O2+. The maximum atomic E-state index is 13.7. The van der Waals surface area contributed by atoms with Crippen molar-refractivity contribution in [3.05, 3.63) is 48.1 Å². The van der Waals surface area contributed by atoms with Gasteiger partial charge in [-0.1, -0.05) is 17.3 Å². The summed E-state index contributed by atoms with van der Waals surface area (Å²) in [6.07, 6.45) is 10.3. The number of nitrogens with one attached hydrogen (secondary N) is 1. The van der Waals surface area contributed by atoms with E-state index in [1.165, 1.54) is 18.0 Å². The number of likely N-dealkylation sites (tertiary alicyclic amines) is 1. The van der Waals surface area contributed by atoms with Crippen LogP contribution in [0.3, 0.4) is 0 Å². The van der Waals surface area contributed by atoms with Gasteiger partial charge in [0.05, 0.1) is 30.5 Å². The van der Waals surface area contributed by atoms with Crippen LogP contribution in [-0.2, 0) is 9.53 Å². The molecule has 1 aliphatic carbocycles. The van der Waals surface area contributed by atoms with Crippen molar-refractivity contribution in [3.8, 4) is 0 Å². The quantitative estimate of drug-likeness (QED) is 0.524. The highest BCUT2D eigenvalue weighted by Gasteiger charge is 2.42. The summed E-state index contributed by atoms with van der Waals surface area (Å²) in [7, 11) is 0. The molecule has 5 aliphatic rings. The van der Waals surface area contributed by atoms with Gasteiger partial charge in [0.1, 0.15) is 30.0 Å². The van der Waals surface area contributed by atoms with E-state index in [4.69, 9.17) is 9.73 Å². The zero-order chi connectivity index (χ0) is 24.2. The van der Waals surface area contributed by atoms with E-state index in [0.29, 0.717) is 18.3 Å². The Balaban J connectivity index is 1.14. The van der Waals surface area contributed by atoms with Gasteiger partial charge in [-0.3, -0.25) is 9.48 Å². The maximum Gasteiger partial charge on any atom is 0.284 e. The van der Waals surface area contributed by atoms with Crippen molar-refractivity contribution in [1.82, 2.24) is 14.7 Å². The van der Waals surface area contributed by atoms with Crippen LogP contribution in [0.15, 0.2) is 52.5 Å². The molecule has 0 radical (unpaired) electrons. The largest absolute Gasteiger partial charge is 0.374 e. The number of morpholine rings is 1. The number of anilines is 1. The summed E-state index contributed by atoms with van der Waals surface area (Å²) in [5.41, 5.74) is 1.08. The predicted octanol–water partition coefficient (Wildman–Crippen LogP) is 3.49. The first kappa shape index (κ1) is 22.3. The normalized spacial score (nSPS) is 30.0. The summed E-state index contributed by atoms with van der Waals surface area (Å²) in [5.74, 6) is 0.408. The Hall–Kier alpha value is -3.18. The van der Waals surface area contributed by atoms with Crippen LogP contribution >= 0.6 is 0 Å². The van der Waals surface area contributed by atoms with Crippen molar-refractivity contribution in [3.63, 3.8) is 0 Å². The average molecular weight is 485 g/mol. The zero-order valence-corrected chi connectivity index (χ0v) is 19.3. The van der Waals surface area contributed by atoms with Crippen LogP contribution in [-0.4, -0.2) is 69.2 Å². The molecular weight excluding hydrogens is 456 g/mol. The first-order valence-corrected chi connectivity index (χ1v) is 12.0. The number of halogens is 2. The monoisotopic (exact) mass is 484 g/mol. The van der Waals surface area contributed by atoms with E-state index in [9.17, 15) is 13.6 Å². The molecule has 3 atom stereocenters. The van der Waals surface area contributed by atoms with Gasteiger partial charge in [-0.05, 0) is 32.1 Å². The summed E-state index contributed by atoms with van der Waals surface area (Å²) in [6, 6.07) is 0.388. The number of alkyl halides is 2. The number of aromatic nitrogens is 2. The van der Waals surface area contributed by atoms with Crippen LogP contribution in [0.5, 0.6) is 0 Å². The molecule has 2 bridgehead atoms. The van der Waals surface area contributed by atoms with E-state index in [1.807, 2.05) is 12.3 Å². The van der Waals surface area contributed by atoms with Crippen LogP contribution in [0.4, 0.5) is 14.5 Å². The number of carbonyl (C=O) groups is 1. The predicted molar refractivity (Wildman–Crippen MR) is 126 cm³/mol. The second kappa shape index (κ2) is 8.49. The Morgan fingerprint density at radius 2 is 2.11 bits per heavy atom. The van der Waals surface area contributed by atoms with Gasteiger partial charge < -0.3 is 15.0 Å². The standard InChI is InChI=1S/C24H27F2N7O2/c1-15-2-4-17(5-3-15)32-11-20(22(30-32)23(25)26)29-24(34)16-9-28-33(12-16)7-6-21(27-14-33)31-10-19-8-18(31)13-35-19/h6-7,9,11-12,17-19,23H,1-5,8,10,13-14H2/p+1/t18-,19-,33?/m1/s1. The number of rotatable bonds is 4. The van der Waals surface area contributed by atoms with Gasteiger partial charge in [0.15, 0.2) is 5.69 Å². The minimum Gasteiger partial charge on any atom is -0.374 e. The highest BCUT2D eigenvalue weighted by atomic mass is 19.3. The van der Waals surface area contributed by atoms with Crippen LogP contribution in [0, 0.1) is 0 Å². The number of hydrogen-bond donors (Lipinski definition) is 1. The molecule has 1 saturated carbocycles. The fourth-order valence-electron chi connectivity index (χ4n) is 5.42. The molecule has 11 heteroatoms. The van der Waals surface area contributed by atoms with Crippen LogP contribution < -0.4 is 5.32 Å². The number of allylic oxidation sites excluding steroid dienone is 1. The molecule has 2 saturated heterocycles. The summed E-state index contributed by atoms with van der Waals surface area (Å²) >= 11 is 0. The number of amides is 1. The van der Waals surface area contributed by atoms with Crippen molar-refractivity contribution in [2.75, 3.05) is 25.1 Å². The lowest BCUT2D eigenvalue weighted by molar-refractivity contribution is -0.832. The average Bonchev–Trinajstić information content (AvgIpc) is 3.64. The van der Waals surface area contributed by atoms with Crippen LogP contribution in [0.25, 0.3) is 0 Å². The lowest BCUT2D eigenvalue weighted by Crippen LogP contribution is -2.44. The topological polar surface area (TPSA) is 84.1 Å². The van der Waals surface area contributed by atoms with E-state index in [1.54, 1.807) is 10.9 Å². The van der Waals surface area contributed by atoms with Gasteiger partial charge in [-0.25, -0.2) is 13.8 Å². The van der Waals surface area contributed by atoms with Gasteiger partial charge in [0.25, 0.3) is 12.3 Å². The number of quaternary nitrogens is 1. The Labute approximate surface area is 201 Å². The number of hydrogen-bond acceptors (Lipinski definition) is 6. The summed E-state index contributed by atoms with van der Waals surface area (Å²) in [6.45, 7) is 5.91. The molecule has 35 heavy (non-hydrogen) atoms. The highest BCUT2D eigenvalue weighted by Crippen LogP contribution is 2.34. The van der Waals surface area contributed by atoms with Crippen molar-refractivity contribution >= 4 is 23.6 Å². The van der Waals surface area contributed by atoms with Crippen molar-refractivity contribution in [2.24, 2.45) is 10.1 Å². The molecule has 184 valence electrons. The molecule has 9 nitrogen and oxygen atoms in total. The van der Waals surface area contributed by atoms with E-state index in [0.717, 1.165) is 51.1 Å². The highest BCUT2D eigenvalue weighted by molar-refractivity contribution is 6.18. The third kappa shape index (κ3) is 4.12. The third-order valence-corrected chi connectivity index (χ3v) is 7.42. The molecule has 4 aliphatic heterocycles. The summed E-state index contributed by atoms with van der Waals surface area (Å²) in [4.78, 5) is 19.9. The van der Waals surface area contributed by atoms with Gasteiger partial charge in [0, 0.05) is 18.8 Å². The Kier molecular flexibility index (Phi) is 5.41. The molecule has 1 unspecified atom stereocenters. The van der Waals surface area contributed by atoms with Crippen molar-refractivity contribution < 1.29 is 22.9 Å². The number of aliphatic imine (C=N–C) groups is 1. The van der Waals surface area contributed by atoms with Crippen LogP contribution in [0.2, 0.25) is 0 Å². The smallest absolute Gasteiger partial charge is 0.284 e. The number of amidine groups is 1. The first-order valence-electron chi connectivity index (χ1n) is 12.0. The second-order valence-electron chi connectivity index (χ2n) is 9.83. The summed E-state index contributed by atoms with van der Waals surface area (Å²) in [5, 5.41) is 11.2. The number of carbonyl (C=O) groups excluding carboxylic acids is 1. The Bertz CT molecular complexity index is 1180. The van der Waals surface area contributed by atoms with Gasteiger partial charge >= 0.3 is 0 Å². The van der Waals surface area contributed by atoms with E-state index >= 15 is 0 Å². The number of nitrogens with zero attached hydrogens (tertiary/aromatic N) is 6.